The highest BCUT2D eigenvalue weighted by Gasteiger charge is 2.32. The summed E-state index contributed by atoms with van der Waals surface area (Å²) in [5.41, 5.74) is 1.03. The van der Waals surface area contributed by atoms with Crippen LogP contribution in [0.5, 0.6) is 0 Å². The predicted molar refractivity (Wildman–Crippen MR) is 82.7 cm³/mol. The van der Waals surface area contributed by atoms with E-state index in [0.717, 1.165) is 30.3 Å². The number of likely N-dealkylation sites (N-methyl/N-ethyl adjacent to an activating group) is 1. The Bertz CT molecular complexity index is 499. The number of aromatic nitrogens is 2. The maximum Gasteiger partial charge on any atom is 0.137 e. The Morgan fingerprint density at radius 3 is 2.65 bits per heavy atom. The van der Waals surface area contributed by atoms with E-state index in [2.05, 4.69) is 28.9 Å². The molecular formula is C15H23ClN4. The fourth-order valence-electron chi connectivity index (χ4n) is 3.02. The van der Waals surface area contributed by atoms with E-state index in [4.69, 9.17) is 16.6 Å². The molecular weight excluding hydrogens is 272 g/mol. The summed E-state index contributed by atoms with van der Waals surface area (Å²) in [5.74, 6) is 2.56. The van der Waals surface area contributed by atoms with Crippen LogP contribution in [0.15, 0.2) is 0 Å². The van der Waals surface area contributed by atoms with Crippen molar-refractivity contribution in [3.05, 3.63) is 16.5 Å². The fraction of sp³-hybridized carbons (Fsp3) is 0.733. The number of hydrogen-bond acceptors (Lipinski definition) is 4. The second kappa shape index (κ2) is 5.49. The Balaban J connectivity index is 1.91. The smallest absolute Gasteiger partial charge is 0.137 e. The maximum absolute atomic E-state index is 6.33. The van der Waals surface area contributed by atoms with Gasteiger partial charge in [-0.05, 0) is 46.7 Å². The minimum atomic E-state index is 0.543. The molecule has 2 fully saturated rings. The third-order valence-corrected chi connectivity index (χ3v) is 4.61. The van der Waals surface area contributed by atoms with Gasteiger partial charge in [0.05, 0.1) is 0 Å². The van der Waals surface area contributed by atoms with Gasteiger partial charge in [-0.3, -0.25) is 0 Å². The van der Waals surface area contributed by atoms with Crippen LogP contribution in [-0.4, -0.2) is 48.1 Å². The van der Waals surface area contributed by atoms with Crippen LogP contribution in [0.4, 0.5) is 5.82 Å². The van der Waals surface area contributed by atoms with E-state index in [1.165, 1.54) is 25.7 Å². The summed E-state index contributed by atoms with van der Waals surface area (Å²) in [7, 11) is 4.26. The van der Waals surface area contributed by atoms with Crippen LogP contribution in [0.1, 0.15) is 43.0 Å². The van der Waals surface area contributed by atoms with Gasteiger partial charge >= 0.3 is 0 Å². The Labute approximate surface area is 126 Å². The van der Waals surface area contributed by atoms with Gasteiger partial charge in [0.2, 0.25) is 0 Å². The monoisotopic (exact) mass is 294 g/mol. The number of anilines is 1. The molecule has 1 saturated heterocycles. The molecule has 1 aromatic heterocycles. The molecule has 0 N–H and O–H groups in total. The highest BCUT2D eigenvalue weighted by molar-refractivity contribution is 6.30. The quantitative estimate of drug-likeness (QED) is 0.799. The van der Waals surface area contributed by atoms with Gasteiger partial charge in [-0.25, -0.2) is 9.97 Å². The normalized spacial score (nSPS) is 22.9. The SMILES string of the molecule is Cc1c(Cl)nc(C2CC2)nc1N1CCCC1CN(C)C. The summed E-state index contributed by atoms with van der Waals surface area (Å²) in [6, 6.07) is 0.543. The molecule has 1 aliphatic carbocycles. The molecule has 1 unspecified atom stereocenters. The van der Waals surface area contributed by atoms with E-state index in [-0.39, 0.29) is 0 Å². The summed E-state index contributed by atoms with van der Waals surface area (Å²) in [5, 5.41) is 0.632. The third kappa shape index (κ3) is 2.77. The molecule has 0 bridgehead atoms. The van der Waals surface area contributed by atoms with Crippen LogP contribution in [0.25, 0.3) is 0 Å². The lowest BCUT2D eigenvalue weighted by molar-refractivity contribution is 0.371. The van der Waals surface area contributed by atoms with Crippen molar-refractivity contribution in [1.82, 2.24) is 14.9 Å². The minimum absolute atomic E-state index is 0.543. The first-order valence-electron chi connectivity index (χ1n) is 7.51. The Kier molecular flexibility index (Phi) is 3.87. The average Bonchev–Trinajstić information content (AvgIpc) is 3.14. The van der Waals surface area contributed by atoms with Crippen molar-refractivity contribution in [2.75, 3.05) is 32.1 Å². The standard InChI is InChI=1S/C15H23ClN4/c1-10-13(16)17-14(11-6-7-11)18-15(10)20-8-4-5-12(20)9-19(2)3/h11-12H,4-9H2,1-3H3. The topological polar surface area (TPSA) is 32.3 Å². The van der Waals surface area contributed by atoms with Gasteiger partial charge in [0.25, 0.3) is 0 Å². The highest BCUT2D eigenvalue weighted by Crippen LogP contribution is 2.40. The van der Waals surface area contributed by atoms with E-state index >= 15 is 0 Å². The third-order valence-electron chi connectivity index (χ3n) is 4.25. The van der Waals surface area contributed by atoms with Crippen LogP contribution in [0, 0.1) is 6.92 Å². The van der Waals surface area contributed by atoms with Crippen LogP contribution >= 0.6 is 11.6 Å². The van der Waals surface area contributed by atoms with Gasteiger partial charge in [-0.15, -0.1) is 0 Å². The first kappa shape index (κ1) is 14.1. The molecule has 110 valence electrons. The van der Waals surface area contributed by atoms with Crippen molar-refractivity contribution in [1.29, 1.82) is 0 Å². The van der Waals surface area contributed by atoms with Crippen LogP contribution in [0.2, 0.25) is 5.15 Å². The first-order valence-corrected chi connectivity index (χ1v) is 7.89. The van der Waals surface area contributed by atoms with Crippen molar-refractivity contribution >= 4 is 17.4 Å². The summed E-state index contributed by atoms with van der Waals surface area (Å²) in [6.45, 7) is 4.19. The summed E-state index contributed by atoms with van der Waals surface area (Å²) < 4.78 is 0. The van der Waals surface area contributed by atoms with Crippen LogP contribution < -0.4 is 4.90 Å². The molecule has 1 saturated carbocycles. The second-order valence-electron chi connectivity index (χ2n) is 6.35. The summed E-state index contributed by atoms with van der Waals surface area (Å²) in [4.78, 5) is 14.0. The second-order valence-corrected chi connectivity index (χ2v) is 6.71. The predicted octanol–water partition coefficient (Wildman–Crippen LogP) is 2.85. The maximum atomic E-state index is 6.33. The molecule has 2 aliphatic rings. The molecule has 20 heavy (non-hydrogen) atoms. The van der Waals surface area contributed by atoms with E-state index in [1.807, 2.05) is 6.92 Å². The molecule has 0 amide bonds. The van der Waals surface area contributed by atoms with Gasteiger partial charge in [-0.2, -0.15) is 0 Å². The summed E-state index contributed by atoms with van der Waals surface area (Å²) >= 11 is 6.33. The molecule has 3 rings (SSSR count). The number of rotatable bonds is 4. The Hall–Kier alpha value is -0.870. The average molecular weight is 295 g/mol. The van der Waals surface area contributed by atoms with E-state index in [0.29, 0.717) is 17.1 Å². The minimum Gasteiger partial charge on any atom is -0.352 e. The first-order chi connectivity index (χ1) is 9.56. The zero-order chi connectivity index (χ0) is 14.3. The molecule has 0 radical (unpaired) electrons. The van der Waals surface area contributed by atoms with Gasteiger partial charge in [0, 0.05) is 30.6 Å². The molecule has 0 spiro atoms. The van der Waals surface area contributed by atoms with Crippen LogP contribution in [0.3, 0.4) is 0 Å². The largest absolute Gasteiger partial charge is 0.352 e. The molecule has 5 heteroatoms. The Morgan fingerprint density at radius 1 is 1.25 bits per heavy atom. The van der Waals surface area contributed by atoms with E-state index in [9.17, 15) is 0 Å². The Morgan fingerprint density at radius 2 is 2.00 bits per heavy atom. The molecule has 1 aliphatic heterocycles. The lowest BCUT2D eigenvalue weighted by Gasteiger charge is -2.29. The van der Waals surface area contributed by atoms with Gasteiger partial charge in [0.1, 0.15) is 16.8 Å². The molecule has 2 heterocycles. The zero-order valence-electron chi connectivity index (χ0n) is 12.6. The molecule has 1 aromatic rings. The fourth-order valence-corrected chi connectivity index (χ4v) is 3.19. The van der Waals surface area contributed by atoms with Gasteiger partial charge in [0.15, 0.2) is 0 Å². The van der Waals surface area contributed by atoms with Gasteiger partial charge in [-0.1, -0.05) is 11.6 Å². The molecule has 1 atom stereocenters. The molecule has 0 aromatic carbocycles. The van der Waals surface area contributed by atoms with E-state index in [1.54, 1.807) is 0 Å². The van der Waals surface area contributed by atoms with Crippen molar-refractivity contribution in [3.8, 4) is 0 Å². The molecule has 4 nitrogen and oxygen atoms in total. The van der Waals surface area contributed by atoms with Crippen molar-refractivity contribution in [2.45, 2.75) is 44.6 Å². The lowest BCUT2D eigenvalue weighted by Crippen LogP contribution is -2.38. The summed E-state index contributed by atoms with van der Waals surface area (Å²) in [6.07, 6.45) is 4.89. The van der Waals surface area contributed by atoms with Crippen LogP contribution in [-0.2, 0) is 0 Å². The van der Waals surface area contributed by atoms with Crippen molar-refractivity contribution < 1.29 is 0 Å². The van der Waals surface area contributed by atoms with Gasteiger partial charge < -0.3 is 9.80 Å². The van der Waals surface area contributed by atoms with E-state index < -0.39 is 0 Å². The van der Waals surface area contributed by atoms with Crippen molar-refractivity contribution in [2.24, 2.45) is 0 Å². The highest BCUT2D eigenvalue weighted by atomic mass is 35.5. The lowest BCUT2D eigenvalue weighted by atomic mass is 10.2. The zero-order valence-corrected chi connectivity index (χ0v) is 13.3. The number of hydrogen-bond donors (Lipinski definition) is 0. The number of halogens is 1. The van der Waals surface area contributed by atoms with Crippen molar-refractivity contribution in [3.63, 3.8) is 0 Å². The number of nitrogens with zero attached hydrogens (tertiary/aromatic N) is 4.